The summed E-state index contributed by atoms with van der Waals surface area (Å²) in [6.45, 7) is 0. The summed E-state index contributed by atoms with van der Waals surface area (Å²) in [5.74, 6) is 0.736. The van der Waals surface area contributed by atoms with Crippen LogP contribution < -0.4 is 0 Å². The Morgan fingerprint density at radius 2 is 1.72 bits per heavy atom. The van der Waals surface area contributed by atoms with Crippen molar-refractivity contribution in [2.45, 2.75) is 36.6 Å². The van der Waals surface area contributed by atoms with E-state index in [-0.39, 0.29) is 5.03 Å². The first kappa shape index (κ1) is 15.9. The third kappa shape index (κ3) is 3.05. The molecule has 0 saturated heterocycles. The molecular formula is C17H17N5O2S. The Bertz CT molecular complexity index is 962. The second kappa shape index (κ2) is 6.36. The van der Waals surface area contributed by atoms with E-state index in [0.717, 1.165) is 28.2 Å². The molecule has 1 aromatic carbocycles. The average molecular weight is 355 g/mol. The summed E-state index contributed by atoms with van der Waals surface area (Å²) in [6.07, 6.45) is 8.62. The molecule has 0 atom stereocenters. The van der Waals surface area contributed by atoms with Gasteiger partial charge in [0, 0.05) is 11.5 Å². The number of rotatable bonds is 4. The maximum absolute atomic E-state index is 12.7. The van der Waals surface area contributed by atoms with E-state index in [1.54, 1.807) is 6.20 Å². The number of nitrogens with zero attached hydrogens (tertiary/aromatic N) is 5. The summed E-state index contributed by atoms with van der Waals surface area (Å²) < 4.78 is 26.2. The summed E-state index contributed by atoms with van der Waals surface area (Å²) in [4.78, 5) is 12.5. The van der Waals surface area contributed by atoms with E-state index >= 15 is 0 Å². The molecule has 1 saturated carbocycles. The molecule has 7 nitrogen and oxygen atoms in total. The maximum atomic E-state index is 12.7. The topological polar surface area (TPSA) is 90.6 Å². The Labute approximate surface area is 145 Å². The van der Waals surface area contributed by atoms with Crippen LogP contribution in [0.5, 0.6) is 0 Å². The molecule has 0 unspecified atom stereocenters. The highest BCUT2D eigenvalue weighted by atomic mass is 32.2. The minimum absolute atomic E-state index is 0.126. The van der Waals surface area contributed by atoms with E-state index in [4.69, 9.17) is 0 Å². The van der Waals surface area contributed by atoms with Crippen LogP contribution in [0.3, 0.4) is 0 Å². The molecule has 1 aliphatic carbocycles. The van der Waals surface area contributed by atoms with E-state index in [0.29, 0.717) is 11.7 Å². The minimum atomic E-state index is -3.90. The standard InChI is InChI=1S/C17H17N5O2S/c23-25(24,16-11-18-15(10-19-16)13-6-4-5-7-13)22-12-20-17(21-22)14-8-2-1-3-9-14/h1-3,8-13H,4-7H2. The lowest BCUT2D eigenvalue weighted by molar-refractivity contribution is 0.574. The van der Waals surface area contributed by atoms with Gasteiger partial charge in [0.1, 0.15) is 6.33 Å². The molecule has 2 heterocycles. The molecule has 1 aliphatic rings. The number of hydrogen-bond acceptors (Lipinski definition) is 6. The van der Waals surface area contributed by atoms with Crippen molar-refractivity contribution in [3.8, 4) is 11.4 Å². The van der Waals surface area contributed by atoms with Gasteiger partial charge in [0.25, 0.3) is 0 Å². The van der Waals surface area contributed by atoms with Crippen molar-refractivity contribution in [3.05, 3.63) is 54.7 Å². The molecule has 0 spiro atoms. The lowest BCUT2D eigenvalue weighted by Crippen LogP contribution is -2.16. The zero-order chi connectivity index (χ0) is 17.3. The first-order valence-electron chi connectivity index (χ1n) is 8.19. The predicted molar refractivity (Wildman–Crippen MR) is 91.3 cm³/mol. The molecule has 4 rings (SSSR count). The van der Waals surface area contributed by atoms with E-state index in [9.17, 15) is 8.42 Å². The Kier molecular flexibility index (Phi) is 4.04. The van der Waals surface area contributed by atoms with Gasteiger partial charge in [-0.25, -0.2) is 9.97 Å². The van der Waals surface area contributed by atoms with Gasteiger partial charge in [-0.15, -0.1) is 9.19 Å². The van der Waals surface area contributed by atoms with E-state index in [2.05, 4.69) is 20.1 Å². The van der Waals surface area contributed by atoms with Crippen molar-refractivity contribution in [2.24, 2.45) is 0 Å². The largest absolute Gasteiger partial charge is 0.303 e. The van der Waals surface area contributed by atoms with Gasteiger partial charge < -0.3 is 0 Å². The Hall–Kier alpha value is -2.61. The van der Waals surface area contributed by atoms with Crippen LogP contribution in [0.15, 0.2) is 54.1 Å². The fraction of sp³-hybridized carbons (Fsp3) is 0.294. The predicted octanol–water partition coefficient (Wildman–Crippen LogP) is 2.63. The van der Waals surface area contributed by atoms with Gasteiger partial charge in [0.2, 0.25) is 0 Å². The fourth-order valence-electron chi connectivity index (χ4n) is 3.07. The molecule has 0 N–H and O–H groups in total. The minimum Gasteiger partial charge on any atom is -0.256 e. The zero-order valence-electron chi connectivity index (χ0n) is 13.5. The van der Waals surface area contributed by atoms with Crippen molar-refractivity contribution in [3.63, 3.8) is 0 Å². The number of hydrogen-bond donors (Lipinski definition) is 0. The highest BCUT2D eigenvalue weighted by Crippen LogP contribution is 2.32. The molecule has 1 fully saturated rings. The van der Waals surface area contributed by atoms with Crippen LogP contribution in [0.1, 0.15) is 37.3 Å². The third-order valence-corrected chi connectivity index (χ3v) is 5.84. The molecule has 8 heteroatoms. The average Bonchev–Trinajstić information content (AvgIpc) is 3.35. The Morgan fingerprint density at radius 1 is 0.960 bits per heavy atom. The molecule has 128 valence electrons. The monoisotopic (exact) mass is 355 g/mol. The molecule has 0 amide bonds. The van der Waals surface area contributed by atoms with Crippen LogP contribution in [0, 0.1) is 0 Å². The molecule has 0 aliphatic heterocycles. The van der Waals surface area contributed by atoms with E-state index in [1.807, 2.05) is 30.3 Å². The summed E-state index contributed by atoms with van der Waals surface area (Å²) in [7, 11) is -3.90. The summed E-state index contributed by atoms with van der Waals surface area (Å²) in [5, 5.41) is 3.95. The maximum Gasteiger partial charge on any atom is 0.303 e. The fourth-order valence-corrected chi connectivity index (χ4v) is 3.99. The quantitative estimate of drug-likeness (QED) is 0.714. The smallest absolute Gasteiger partial charge is 0.256 e. The van der Waals surface area contributed by atoms with Crippen LogP contribution in [0.2, 0.25) is 0 Å². The summed E-state index contributed by atoms with van der Waals surface area (Å²) >= 11 is 0. The molecule has 3 aromatic rings. The highest BCUT2D eigenvalue weighted by Gasteiger charge is 2.23. The Balaban J connectivity index is 1.62. The molecule has 2 aromatic heterocycles. The second-order valence-corrected chi connectivity index (χ2v) is 7.82. The van der Waals surface area contributed by atoms with Crippen LogP contribution in [-0.2, 0) is 10.0 Å². The van der Waals surface area contributed by atoms with Crippen LogP contribution in [0.4, 0.5) is 0 Å². The molecular weight excluding hydrogens is 338 g/mol. The molecule has 25 heavy (non-hydrogen) atoms. The van der Waals surface area contributed by atoms with Crippen molar-refractivity contribution in [2.75, 3.05) is 0 Å². The van der Waals surface area contributed by atoms with Crippen LogP contribution in [-0.4, -0.2) is 32.6 Å². The van der Waals surface area contributed by atoms with E-state index in [1.165, 1.54) is 25.4 Å². The SMILES string of the molecule is O=S(=O)(c1cnc(C2CCCC2)cn1)n1cnc(-c2ccccc2)n1. The normalized spacial score (nSPS) is 15.5. The highest BCUT2D eigenvalue weighted by molar-refractivity contribution is 7.89. The second-order valence-electron chi connectivity index (χ2n) is 6.07. The lowest BCUT2D eigenvalue weighted by Gasteiger charge is -2.08. The number of aromatic nitrogens is 5. The number of benzene rings is 1. The van der Waals surface area contributed by atoms with Crippen molar-refractivity contribution >= 4 is 10.0 Å². The van der Waals surface area contributed by atoms with Gasteiger partial charge >= 0.3 is 10.0 Å². The third-order valence-electron chi connectivity index (χ3n) is 4.44. The van der Waals surface area contributed by atoms with E-state index < -0.39 is 10.0 Å². The first-order valence-corrected chi connectivity index (χ1v) is 9.63. The van der Waals surface area contributed by atoms with Crippen LogP contribution in [0.25, 0.3) is 11.4 Å². The van der Waals surface area contributed by atoms with Crippen molar-refractivity contribution < 1.29 is 8.42 Å². The molecule has 0 radical (unpaired) electrons. The van der Waals surface area contributed by atoms with Crippen molar-refractivity contribution in [1.82, 2.24) is 24.1 Å². The summed E-state index contributed by atoms with van der Waals surface area (Å²) in [5.41, 5.74) is 1.61. The summed E-state index contributed by atoms with van der Waals surface area (Å²) in [6, 6.07) is 9.21. The Morgan fingerprint density at radius 3 is 2.40 bits per heavy atom. The first-order chi connectivity index (χ1) is 12.1. The van der Waals surface area contributed by atoms with Crippen molar-refractivity contribution in [1.29, 1.82) is 0 Å². The van der Waals surface area contributed by atoms with Gasteiger partial charge in [0.05, 0.1) is 18.1 Å². The van der Waals surface area contributed by atoms with Gasteiger partial charge in [-0.05, 0) is 12.8 Å². The van der Waals surface area contributed by atoms with Gasteiger partial charge in [-0.1, -0.05) is 43.2 Å². The zero-order valence-corrected chi connectivity index (χ0v) is 14.3. The van der Waals surface area contributed by atoms with Gasteiger partial charge in [-0.2, -0.15) is 8.42 Å². The van der Waals surface area contributed by atoms with Gasteiger partial charge in [0.15, 0.2) is 10.9 Å². The van der Waals surface area contributed by atoms with Crippen LogP contribution >= 0.6 is 0 Å². The van der Waals surface area contributed by atoms with Gasteiger partial charge in [-0.3, -0.25) is 4.98 Å². The molecule has 0 bridgehead atoms. The lowest BCUT2D eigenvalue weighted by atomic mass is 10.1.